The molecule has 0 unspecified atom stereocenters. The van der Waals surface area contributed by atoms with Crippen LogP contribution in [-0.2, 0) is 0 Å². The SMILES string of the molecule is O=C(NCC1CCN(c2ccccn2)CC1)c1cccc(F)c1. The lowest BCUT2D eigenvalue weighted by atomic mass is 9.96. The lowest BCUT2D eigenvalue weighted by Gasteiger charge is -2.32. The normalized spacial score (nSPS) is 15.4. The van der Waals surface area contributed by atoms with Crippen molar-refractivity contribution in [1.82, 2.24) is 10.3 Å². The fourth-order valence-corrected chi connectivity index (χ4v) is 2.88. The minimum Gasteiger partial charge on any atom is -0.357 e. The molecule has 3 rings (SSSR count). The van der Waals surface area contributed by atoms with Gasteiger partial charge in [-0.1, -0.05) is 12.1 Å². The number of piperidine rings is 1. The van der Waals surface area contributed by atoms with E-state index in [2.05, 4.69) is 15.2 Å². The average Bonchev–Trinajstić information content (AvgIpc) is 2.61. The fraction of sp³-hybridized carbons (Fsp3) is 0.333. The second kappa shape index (κ2) is 7.22. The maximum Gasteiger partial charge on any atom is 0.251 e. The second-order valence-electron chi connectivity index (χ2n) is 5.84. The zero-order chi connectivity index (χ0) is 16.1. The predicted octanol–water partition coefficient (Wildman–Crippen LogP) is 2.87. The molecule has 1 amide bonds. The first-order chi connectivity index (χ1) is 11.2. The minimum absolute atomic E-state index is 0.211. The summed E-state index contributed by atoms with van der Waals surface area (Å²) in [6, 6.07) is 11.7. The summed E-state index contributed by atoms with van der Waals surface area (Å²) >= 11 is 0. The van der Waals surface area contributed by atoms with Gasteiger partial charge >= 0.3 is 0 Å². The van der Waals surface area contributed by atoms with Gasteiger partial charge in [0.15, 0.2) is 0 Å². The van der Waals surface area contributed by atoms with E-state index in [1.807, 2.05) is 18.2 Å². The van der Waals surface area contributed by atoms with Crippen LogP contribution in [0.25, 0.3) is 0 Å². The maximum atomic E-state index is 13.1. The van der Waals surface area contributed by atoms with Crippen LogP contribution >= 0.6 is 0 Å². The monoisotopic (exact) mass is 313 g/mol. The van der Waals surface area contributed by atoms with Crippen LogP contribution < -0.4 is 10.2 Å². The van der Waals surface area contributed by atoms with E-state index in [0.717, 1.165) is 31.7 Å². The maximum absolute atomic E-state index is 13.1. The number of hydrogen-bond donors (Lipinski definition) is 1. The third-order valence-electron chi connectivity index (χ3n) is 4.23. The molecule has 2 heterocycles. The molecule has 120 valence electrons. The highest BCUT2D eigenvalue weighted by Gasteiger charge is 2.20. The van der Waals surface area contributed by atoms with Gasteiger partial charge in [0, 0.05) is 31.4 Å². The Morgan fingerprint density at radius 3 is 2.74 bits per heavy atom. The Kier molecular flexibility index (Phi) is 4.86. The number of aromatic nitrogens is 1. The lowest BCUT2D eigenvalue weighted by Crippen LogP contribution is -2.39. The molecule has 1 aromatic carbocycles. The van der Waals surface area contributed by atoms with Gasteiger partial charge < -0.3 is 10.2 Å². The van der Waals surface area contributed by atoms with Crippen molar-refractivity contribution in [1.29, 1.82) is 0 Å². The van der Waals surface area contributed by atoms with E-state index in [4.69, 9.17) is 0 Å². The lowest BCUT2D eigenvalue weighted by molar-refractivity contribution is 0.0944. The standard InChI is InChI=1S/C18H20FN3O/c19-16-5-3-4-15(12-16)18(23)21-13-14-7-10-22(11-8-14)17-6-1-2-9-20-17/h1-6,9,12,14H,7-8,10-11,13H2,(H,21,23). The second-order valence-corrected chi connectivity index (χ2v) is 5.84. The predicted molar refractivity (Wildman–Crippen MR) is 87.9 cm³/mol. The van der Waals surface area contributed by atoms with Crippen molar-refractivity contribution in [3.63, 3.8) is 0 Å². The Labute approximate surface area is 135 Å². The Hall–Kier alpha value is -2.43. The topological polar surface area (TPSA) is 45.2 Å². The highest BCUT2D eigenvalue weighted by Crippen LogP contribution is 2.21. The zero-order valence-electron chi connectivity index (χ0n) is 12.9. The van der Waals surface area contributed by atoms with Gasteiger partial charge in [0.2, 0.25) is 0 Å². The number of pyridine rings is 1. The van der Waals surface area contributed by atoms with Crippen LogP contribution in [0.1, 0.15) is 23.2 Å². The summed E-state index contributed by atoms with van der Waals surface area (Å²) in [5.41, 5.74) is 0.371. The Morgan fingerprint density at radius 1 is 1.22 bits per heavy atom. The molecular weight excluding hydrogens is 293 g/mol. The quantitative estimate of drug-likeness (QED) is 0.944. The van der Waals surface area contributed by atoms with Crippen LogP contribution in [0.2, 0.25) is 0 Å². The van der Waals surface area contributed by atoms with E-state index in [1.54, 1.807) is 18.3 Å². The number of anilines is 1. The number of carbonyl (C=O) groups is 1. The van der Waals surface area contributed by atoms with Gasteiger partial charge in [0.1, 0.15) is 11.6 Å². The number of carbonyl (C=O) groups excluding carboxylic acids is 1. The van der Waals surface area contributed by atoms with E-state index in [-0.39, 0.29) is 11.7 Å². The van der Waals surface area contributed by atoms with Crippen molar-refractivity contribution in [3.8, 4) is 0 Å². The summed E-state index contributed by atoms with van der Waals surface area (Å²) < 4.78 is 13.1. The van der Waals surface area contributed by atoms with Crippen LogP contribution in [0.5, 0.6) is 0 Å². The van der Waals surface area contributed by atoms with Gasteiger partial charge in [-0.15, -0.1) is 0 Å². The molecule has 0 bridgehead atoms. The van der Waals surface area contributed by atoms with Crippen molar-refractivity contribution >= 4 is 11.7 Å². The fourth-order valence-electron chi connectivity index (χ4n) is 2.88. The highest BCUT2D eigenvalue weighted by molar-refractivity contribution is 5.94. The third kappa shape index (κ3) is 4.06. The summed E-state index contributed by atoms with van der Waals surface area (Å²) in [6.07, 6.45) is 3.83. The van der Waals surface area contributed by atoms with Crippen LogP contribution in [0.15, 0.2) is 48.7 Å². The van der Waals surface area contributed by atoms with Crippen molar-refractivity contribution in [2.24, 2.45) is 5.92 Å². The Bertz CT molecular complexity index is 654. The molecule has 1 N–H and O–H groups in total. The number of nitrogens with one attached hydrogen (secondary N) is 1. The van der Waals surface area contributed by atoms with Crippen molar-refractivity contribution < 1.29 is 9.18 Å². The minimum atomic E-state index is -0.388. The summed E-state index contributed by atoms with van der Waals surface area (Å²) in [5, 5.41) is 2.91. The van der Waals surface area contributed by atoms with E-state index < -0.39 is 0 Å². The van der Waals surface area contributed by atoms with Gasteiger partial charge in [-0.3, -0.25) is 4.79 Å². The van der Waals surface area contributed by atoms with Gasteiger partial charge in [0.25, 0.3) is 5.91 Å². The molecule has 1 fully saturated rings. The molecule has 2 aromatic rings. The molecule has 0 atom stereocenters. The molecule has 0 aliphatic carbocycles. The summed E-state index contributed by atoms with van der Waals surface area (Å²) in [7, 11) is 0. The molecule has 1 aliphatic rings. The number of halogens is 1. The molecule has 1 aliphatic heterocycles. The first-order valence-electron chi connectivity index (χ1n) is 7.92. The first-order valence-corrected chi connectivity index (χ1v) is 7.92. The van der Waals surface area contributed by atoms with Gasteiger partial charge in [-0.05, 0) is 49.1 Å². The summed E-state index contributed by atoms with van der Waals surface area (Å²) in [4.78, 5) is 18.7. The number of benzene rings is 1. The number of amides is 1. The van der Waals surface area contributed by atoms with Gasteiger partial charge in [-0.25, -0.2) is 9.37 Å². The molecule has 0 radical (unpaired) electrons. The first kappa shape index (κ1) is 15.5. The molecule has 23 heavy (non-hydrogen) atoms. The molecule has 0 saturated carbocycles. The van der Waals surface area contributed by atoms with E-state index in [1.165, 1.54) is 12.1 Å². The van der Waals surface area contributed by atoms with E-state index >= 15 is 0 Å². The molecule has 4 nitrogen and oxygen atoms in total. The van der Waals surface area contributed by atoms with Crippen LogP contribution in [0.3, 0.4) is 0 Å². The molecule has 1 saturated heterocycles. The largest absolute Gasteiger partial charge is 0.357 e. The molecule has 1 aromatic heterocycles. The molecular formula is C18H20FN3O. The average molecular weight is 313 g/mol. The van der Waals surface area contributed by atoms with Crippen molar-refractivity contribution in [3.05, 3.63) is 60.0 Å². The zero-order valence-corrected chi connectivity index (χ0v) is 12.9. The van der Waals surface area contributed by atoms with Crippen LogP contribution in [0, 0.1) is 11.7 Å². The van der Waals surface area contributed by atoms with Crippen LogP contribution in [-0.4, -0.2) is 30.5 Å². The van der Waals surface area contributed by atoms with Crippen LogP contribution in [0.4, 0.5) is 10.2 Å². The van der Waals surface area contributed by atoms with E-state index in [9.17, 15) is 9.18 Å². The Morgan fingerprint density at radius 2 is 2.04 bits per heavy atom. The number of rotatable bonds is 4. The van der Waals surface area contributed by atoms with Gasteiger partial charge in [-0.2, -0.15) is 0 Å². The number of nitrogens with zero attached hydrogens (tertiary/aromatic N) is 2. The number of hydrogen-bond acceptors (Lipinski definition) is 3. The van der Waals surface area contributed by atoms with Crippen molar-refractivity contribution in [2.75, 3.05) is 24.5 Å². The highest BCUT2D eigenvalue weighted by atomic mass is 19.1. The third-order valence-corrected chi connectivity index (χ3v) is 4.23. The smallest absolute Gasteiger partial charge is 0.251 e. The summed E-state index contributed by atoms with van der Waals surface area (Å²) in [6.45, 7) is 2.51. The van der Waals surface area contributed by atoms with Gasteiger partial charge in [0.05, 0.1) is 0 Å². The van der Waals surface area contributed by atoms with Crippen molar-refractivity contribution in [2.45, 2.75) is 12.8 Å². The summed E-state index contributed by atoms with van der Waals surface area (Å²) in [5.74, 6) is 0.861. The molecule has 5 heteroatoms. The molecule has 0 spiro atoms. The Balaban J connectivity index is 1.47. The van der Waals surface area contributed by atoms with E-state index in [0.29, 0.717) is 18.0 Å².